The molecule has 0 amide bonds. The number of nitrogens with zero attached hydrogens (tertiary/aromatic N) is 5. The van der Waals surface area contributed by atoms with Gasteiger partial charge in [0.25, 0.3) is 0 Å². The van der Waals surface area contributed by atoms with Gasteiger partial charge in [-0.3, -0.25) is 14.2 Å². The molecule has 0 saturated heterocycles. The number of aromatic nitrogens is 5. The Morgan fingerprint density at radius 3 is 2.69 bits per heavy atom. The van der Waals surface area contributed by atoms with Crippen LogP contribution in [0.15, 0.2) is 46.7 Å². The van der Waals surface area contributed by atoms with Gasteiger partial charge in [0, 0.05) is 34.9 Å². The Morgan fingerprint density at radius 1 is 1.24 bits per heavy atom. The number of aryl methyl sites for hydroxylation is 1. The second-order valence-corrected chi connectivity index (χ2v) is 7.92. The van der Waals surface area contributed by atoms with E-state index in [1.54, 1.807) is 33.9 Å². The number of aliphatic carboxylic acids is 1. The van der Waals surface area contributed by atoms with Crippen molar-refractivity contribution in [1.29, 1.82) is 0 Å². The summed E-state index contributed by atoms with van der Waals surface area (Å²) in [7, 11) is 0. The highest BCUT2D eigenvalue weighted by atomic mass is 35.5. The fourth-order valence-electron chi connectivity index (χ4n) is 3.24. The van der Waals surface area contributed by atoms with Crippen molar-refractivity contribution in [2.24, 2.45) is 0 Å². The zero-order valence-corrected chi connectivity index (χ0v) is 17.2. The molecule has 0 fully saturated rings. The maximum absolute atomic E-state index is 15.0. The van der Waals surface area contributed by atoms with Gasteiger partial charge < -0.3 is 9.67 Å². The van der Waals surface area contributed by atoms with Crippen molar-refractivity contribution in [3.63, 3.8) is 0 Å². The molecule has 0 spiro atoms. The molecule has 0 aliphatic heterocycles. The van der Waals surface area contributed by atoms with Crippen molar-refractivity contribution in [2.45, 2.75) is 36.7 Å². The SMILES string of the molecule is CCn1cc(-n2c(C)c(Sc3cnn(CC(=O)O)c3)c3ccc(Cl)c(F)c32)cn1. The van der Waals surface area contributed by atoms with E-state index in [1.807, 2.05) is 20.0 Å². The number of fused-ring (bicyclic) bond motifs is 1. The number of carboxylic acids is 1. The molecule has 10 heteroatoms. The van der Waals surface area contributed by atoms with Crippen LogP contribution >= 0.6 is 23.4 Å². The summed E-state index contributed by atoms with van der Waals surface area (Å²) in [5.41, 5.74) is 1.95. The predicted octanol–water partition coefficient (Wildman–Crippen LogP) is 4.38. The van der Waals surface area contributed by atoms with Crippen LogP contribution in [-0.4, -0.2) is 35.2 Å². The molecule has 0 unspecified atom stereocenters. The van der Waals surface area contributed by atoms with Crippen LogP contribution in [0.4, 0.5) is 4.39 Å². The zero-order valence-electron chi connectivity index (χ0n) is 15.6. The van der Waals surface area contributed by atoms with E-state index in [0.717, 1.165) is 21.2 Å². The van der Waals surface area contributed by atoms with Crippen molar-refractivity contribution in [2.75, 3.05) is 0 Å². The Hall–Kier alpha value is -2.78. The van der Waals surface area contributed by atoms with Crippen molar-refractivity contribution >= 4 is 40.2 Å². The van der Waals surface area contributed by atoms with Crippen LogP contribution < -0.4 is 0 Å². The first-order valence-electron chi connectivity index (χ1n) is 8.83. The van der Waals surface area contributed by atoms with Crippen LogP contribution in [0.3, 0.4) is 0 Å². The van der Waals surface area contributed by atoms with E-state index in [-0.39, 0.29) is 11.6 Å². The number of hydrogen-bond donors (Lipinski definition) is 1. The predicted molar refractivity (Wildman–Crippen MR) is 108 cm³/mol. The third kappa shape index (κ3) is 3.51. The minimum Gasteiger partial charge on any atom is -0.480 e. The van der Waals surface area contributed by atoms with Gasteiger partial charge in [-0.05, 0) is 26.0 Å². The molecule has 150 valence electrons. The van der Waals surface area contributed by atoms with Gasteiger partial charge in [0.15, 0.2) is 5.82 Å². The van der Waals surface area contributed by atoms with Crippen LogP contribution in [0.2, 0.25) is 5.02 Å². The van der Waals surface area contributed by atoms with Crippen molar-refractivity contribution < 1.29 is 14.3 Å². The third-order valence-electron chi connectivity index (χ3n) is 4.53. The molecule has 7 nitrogen and oxygen atoms in total. The van der Waals surface area contributed by atoms with E-state index in [1.165, 1.54) is 22.5 Å². The Morgan fingerprint density at radius 2 is 2.00 bits per heavy atom. The molecule has 0 saturated carbocycles. The van der Waals surface area contributed by atoms with Gasteiger partial charge in [-0.1, -0.05) is 23.4 Å². The van der Waals surface area contributed by atoms with Gasteiger partial charge in [-0.25, -0.2) is 4.39 Å². The summed E-state index contributed by atoms with van der Waals surface area (Å²) in [5.74, 6) is -1.47. The van der Waals surface area contributed by atoms with Gasteiger partial charge in [-0.2, -0.15) is 10.2 Å². The summed E-state index contributed by atoms with van der Waals surface area (Å²) in [6, 6.07) is 3.33. The first-order valence-corrected chi connectivity index (χ1v) is 10.0. The summed E-state index contributed by atoms with van der Waals surface area (Å²) in [4.78, 5) is 12.5. The molecule has 29 heavy (non-hydrogen) atoms. The molecule has 4 rings (SSSR count). The maximum Gasteiger partial charge on any atom is 0.325 e. The average molecular weight is 434 g/mol. The number of hydrogen-bond acceptors (Lipinski definition) is 4. The Labute approximate surface area is 174 Å². The molecule has 0 atom stereocenters. The largest absolute Gasteiger partial charge is 0.480 e. The molecule has 3 heterocycles. The van der Waals surface area contributed by atoms with Crippen LogP contribution in [0.1, 0.15) is 12.6 Å². The van der Waals surface area contributed by atoms with E-state index in [0.29, 0.717) is 17.4 Å². The second-order valence-electron chi connectivity index (χ2n) is 6.43. The molecule has 3 aromatic heterocycles. The second kappa shape index (κ2) is 7.57. The molecule has 1 N–H and O–H groups in total. The Kier molecular flexibility index (Phi) is 5.10. The third-order valence-corrected chi connectivity index (χ3v) is 5.99. The fraction of sp³-hybridized carbons (Fsp3) is 0.211. The smallest absolute Gasteiger partial charge is 0.325 e. The lowest BCUT2D eigenvalue weighted by Crippen LogP contribution is -2.08. The van der Waals surface area contributed by atoms with Crippen LogP contribution in [0, 0.1) is 12.7 Å². The summed E-state index contributed by atoms with van der Waals surface area (Å²) in [6.07, 6.45) is 6.79. The van der Waals surface area contributed by atoms with Gasteiger partial charge in [0.2, 0.25) is 0 Å². The maximum atomic E-state index is 15.0. The topological polar surface area (TPSA) is 77.9 Å². The van der Waals surface area contributed by atoms with Crippen molar-refractivity contribution in [1.82, 2.24) is 24.1 Å². The van der Waals surface area contributed by atoms with Gasteiger partial charge in [0.1, 0.15) is 6.54 Å². The van der Waals surface area contributed by atoms with E-state index in [4.69, 9.17) is 16.7 Å². The minimum atomic E-state index is -0.970. The highest BCUT2D eigenvalue weighted by Crippen LogP contribution is 2.41. The normalized spacial score (nSPS) is 11.4. The molecule has 1 aromatic carbocycles. The molecular weight excluding hydrogens is 417 g/mol. The first-order chi connectivity index (χ1) is 13.9. The minimum absolute atomic E-state index is 0.0463. The van der Waals surface area contributed by atoms with E-state index in [2.05, 4.69) is 10.2 Å². The van der Waals surface area contributed by atoms with E-state index in [9.17, 15) is 4.79 Å². The van der Waals surface area contributed by atoms with Crippen molar-refractivity contribution in [3.05, 3.63) is 53.5 Å². The molecule has 0 bridgehead atoms. The summed E-state index contributed by atoms with van der Waals surface area (Å²) in [6.45, 7) is 4.36. The Bertz CT molecular complexity index is 1230. The lowest BCUT2D eigenvalue weighted by molar-refractivity contribution is -0.137. The van der Waals surface area contributed by atoms with Gasteiger partial charge in [-0.15, -0.1) is 0 Å². The summed E-state index contributed by atoms with van der Waals surface area (Å²) >= 11 is 7.47. The fourth-order valence-corrected chi connectivity index (χ4v) is 4.41. The molecular formula is C19H17ClFN5O2S. The average Bonchev–Trinajstić information content (AvgIpc) is 3.38. The quantitative estimate of drug-likeness (QED) is 0.488. The number of benzene rings is 1. The monoisotopic (exact) mass is 433 g/mol. The van der Waals surface area contributed by atoms with Crippen molar-refractivity contribution in [3.8, 4) is 5.69 Å². The first kappa shape index (κ1) is 19.5. The number of rotatable bonds is 6. The highest BCUT2D eigenvalue weighted by molar-refractivity contribution is 7.99. The standard InChI is InChI=1S/C19H17ClFN5O2S/c1-3-24-8-12(6-22-24)26-11(2)19(14-4-5-15(20)17(21)18(14)26)29-13-7-23-25(9-13)10-16(27)28/h4-9H,3,10H2,1-2H3,(H,27,28). The molecule has 0 radical (unpaired) electrons. The molecule has 0 aliphatic carbocycles. The van der Waals surface area contributed by atoms with E-state index >= 15 is 4.39 Å². The number of halogens is 2. The number of carboxylic acid groups (broad SMARTS) is 1. The number of carbonyl (C=O) groups is 1. The van der Waals surface area contributed by atoms with Gasteiger partial charge in [0.05, 0.1) is 33.5 Å². The lowest BCUT2D eigenvalue weighted by atomic mass is 10.2. The van der Waals surface area contributed by atoms with Gasteiger partial charge >= 0.3 is 5.97 Å². The van der Waals surface area contributed by atoms with Crippen LogP contribution in [0.25, 0.3) is 16.6 Å². The highest BCUT2D eigenvalue weighted by Gasteiger charge is 2.22. The summed E-state index contributed by atoms with van der Waals surface area (Å²) < 4.78 is 20.0. The summed E-state index contributed by atoms with van der Waals surface area (Å²) in [5, 5.41) is 18.1. The molecule has 0 aliphatic rings. The lowest BCUT2D eigenvalue weighted by Gasteiger charge is -2.06. The zero-order chi connectivity index (χ0) is 20.7. The van der Waals surface area contributed by atoms with E-state index < -0.39 is 11.8 Å². The van der Waals surface area contributed by atoms with Crippen LogP contribution in [0.5, 0.6) is 0 Å². The Balaban J connectivity index is 1.86. The van der Waals surface area contributed by atoms with Crippen LogP contribution in [-0.2, 0) is 17.9 Å². The molecule has 4 aromatic rings.